The molecule has 5 nitrogen and oxygen atoms in total. The van der Waals surface area contributed by atoms with Crippen LogP contribution in [-0.2, 0) is 11.2 Å². The first kappa shape index (κ1) is 17.3. The topological polar surface area (TPSA) is 64.1 Å². The second-order valence-electron chi connectivity index (χ2n) is 4.22. The van der Waals surface area contributed by atoms with Crippen molar-refractivity contribution in [3.8, 4) is 5.75 Å². The highest BCUT2D eigenvalue weighted by Gasteiger charge is 2.31. The molecule has 9 heteroatoms. The molecular weight excluding hydrogens is 369 g/mol. The Bertz CT molecular complexity index is 616. The van der Waals surface area contributed by atoms with Gasteiger partial charge in [0.05, 0.1) is 6.61 Å². The number of para-hydroxylation sites is 1. The second-order valence-corrected chi connectivity index (χ2v) is 7.56. The summed E-state index contributed by atoms with van der Waals surface area (Å²) < 4.78 is 3.56. The van der Waals surface area contributed by atoms with E-state index in [4.69, 9.17) is 39.5 Å². The fraction of sp³-hybridized carbons (Fsp3) is 0.308. The summed E-state index contributed by atoms with van der Waals surface area (Å²) in [6.45, 7) is 0.569. The van der Waals surface area contributed by atoms with E-state index < -0.39 is 9.70 Å². The Labute approximate surface area is 146 Å². The number of carbonyl (C=O) groups is 1. The van der Waals surface area contributed by atoms with E-state index in [-0.39, 0.29) is 0 Å². The summed E-state index contributed by atoms with van der Waals surface area (Å²) in [6.07, 6.45) is 1.47. The molecule has 2 aromatic rings. The van der Waals surface area contributed by atoms with Crippen molar-refractivity contribution in [2.24, 2.45) is 0 Å². The van der Waals surface area contributed by atoms with E-state index in [0.717, 1.165) is 17.2 Å². The fourth-order valence-electron chi connectivity index (χ4n) is 1.50. The molecular formula is C13H12Cl3N3O2S. The number of benzene rings is 1. The number of nitrogens with one attached hydrogen (secondary N) is 1. The Hall–Kier alpha value is -1.08. The molecule has 0 radical (unpaired) electrons. The zero-order valence-corrected chi connectivity index (χ0v) is 14.3. The van der Waals surface area contributed by atoms with Gasteiger partial charge in [-0.1, -0.05) is 64.3 Å². The number of ether oxygens (including phenoxy) is 1. The summed E-state index contributed by atoms with van der Waals surface area (Å²) in [5, 5.41) is 11.3. The third kappa shape index (κ3) is 5.61. The maximum Gasteiger partial charge on any atom is 0.278 e. The minimum atomic E-state index is -2.02. The van der Waals surface area contributed by atoms with Crippen LogP contribution in [0.4, 0.5) is 5.13 Å². The van der Waals surface area contributed by atoms with Crippen molar-refractivity contribution < 1.29 is 9.53 Å². The van der Waals surface area contributed by atoms with Crippen molar-refractivity contribution in [2.45, 2.75) is 16.6 Å². The number of hydrogen-bond donors (Lipinski definition) is 1. The van der Waals surface area contributed by atoms with Crippen molar-refractivity contribution in [1.82, 2.24) is 10.2 Å². The van der Waals surface area contributed by atoms with E-state index in [1.807, 2.05) is 30.3 Å². The Kier molecular flexibility index (Phi) is 6.26. The minimum Gasteiger partial charge on any atom is -0.494 e. The van der Waals surface area contributed by atoms with Gasteiger partial charge in [0, 0.05) is 6.42 Å². The molecule has 1 N–H and O–H groups in total. The van der Waals surface area contributed by atoms with E-state index in [0.29, 0.717) is 18.2 Å². The average Bonchev–Trinajstić information content (AvgIpc) is 2.91. The molecule has 1 aromatic heterocycles. The van der Waals surface area contributed by atoms with Crippen LogP contribution >= 0.6 is 46.1 Å². The summed E-state index contributed by atoms with van der Waals surface area (Å²) in [6, 6.07) is 9.56. The molecule has 0 unspecified atom stereocenters. The molecule has 0 spiro atoms. The number of anilines is 1. The highest BCUT2D eigenvalue weighted by atomic mass is 35.6. The maximum absolute atomic E-state index is 11.5. The van der Waals surface area contributed by atoms with Gasteiger partial charge in [-0.05, 0) is 18.6 Å². The summed E-state index contributed by atoms with van der Waals surface area (Å²) >= 11 is 17.6. The molecule has 0 fully saturated rings. The first-order valence-corrected chi connectivity index (χ1v) is 8.28. The van der Waals surface area contributed by atoms with E-state index in [1.165, 1.54) is 11.3 Å². The maximum atomic E-state index is 11.5. The van der Waals surface area contributed by atoms with Crippen LogP contribution < -0.4 is 10.1 Å². The summed E-state index contributed by atoms with van der Waals surface area (Å²) in [5.74, 6) is 0.0722. The van der Waals surface area contributed by atoms with Crippen LogP contribution in [0.1, 0.15) is 11.4 Å². The largest absolute Gasteiger partial charge is 0.494 e. The van der Waals surface area contributed by atoms with Crippen molar-refractivity contribution in [3.05, 3.63) is 35.3 Å². The van der Waals surface area contributed by atoms with Crippen LogP contribution in [0, 0.1) is 0 Å². The van der Waals surface area contributed by atoms with Crippen LogP contribution in [0.5, 0.6) is 5.75 Å². The molecule has 0 aliphatic carbocycles. The SMILES string of the molecule is O=C(Nc1nnc(CCCOc2ccccc2)s1)C(Cl)(Cl)Cl. The van der Waals surface area contributed by atoms with Gasteiger partial charge < -0.3 is 4.74 Å². The predicted octanol–water partition coefficient (Wildman–Crippen LogP) is 3.86. The van der Waals surface area contributed by atoms with Crippen LogP contribution in [-0.4, -0.2) is 26.5 Å². The van der Waals surface area contributed by atoms with Crippen LogP contribution in [0.2, 0.25) is 0 Å². The normalized spacial score (nSPS) is 11.2. The van der Waals surface area contributed by atoms with Crippen molar-refractivity contribution in [1.29, 1.82) is 0 Å². The molecule has 0 aliphatic rings. The number of nitrogens with zero attached hydrogens (tertiary/aromatic N) is 2. The molecule has 0 saturated heterocycles. The van der Waals surface area contributed by atoms with Gasteiger partial charge in [0.25, 0.3) is 9.70 Å². The lowest BCUT2D eigenvalue weighted by molar-refractivity contribution is -0.115. The van der Waals surface area contributed by atoms with Gasteiger partial charge in [-0.2, -0.15) is 0 Å². The number of rotatable bonds is 6. The highest BCUT2D eigenvalue weighted by molar-refractivity contribution is 7.15. The lowest BCUT2D eigenvalue weighted by Crippen LogP contribution is -2.26. The monoisotopic (exact) mass is 379 g/mol. The third-order valence-corrected chi connectivity index (χ3v) is 3.91. The van der Waals surface area contributed by atoms with Crippen molar-refractivity contribution in [3.63, 3.8) is 0 Å². The van der Waals surface area contributed by atoms with E-state index in [2.05, 4.69) is 15.5 Å². The minimum absolute atomic E-state index is 0.301. The molecule has 1 heterocycles. The molecule has 1 aromatic carbocycles. The third-order valence-electron chi connectivity index (χ3n) is 2.49. The van der Waals surface area contributed by atoms with Gasteiger partial charge in [-0.15, -0.1) is 10.2 Å². The standard InChI is InChI=1S/C13H12Cl3N3O2S/c14-13(15,16)11(20)17-12-19-18-10(22-12)7-4-8-21-9-5-2-1-3-6-9/h1-3,5-6H,4,7-8H2,(H,17,19,20). The number of aromatic nitrogens is 2. The smallest absolute Gasteiger partial charge is 0.278 e. The summed E-state index contributed by atoms with van der Waals surface area (Å²) in [7, 11) is 0. The second kappa shape index (κ2) is 7.97. The van der Waals surface area contributed by atoms with Crippen molar-refractivity contribution in [2.75, 3.05) is 11.9 Å². The average molecular weight is 381 g/mol. The Balaban J connectivity index is 1.74. The molecule has 22 heavy (non-hydrogen) atoms. The van der Waals surface area contributed by atoms with Gasteiger partial charge in [0.1, 0.15) is 10.8 Å². The molecule has 0 saturated carbocycles. The Morgan fingerprint density at radius 1 is 1.23 bits per heavy atom. The van der Waals surface area contributed by atoms with E-state index >= 15 is 0 Å². The zero-order valence-electron chi connectivity index (χ0n) is 11.3. The Morgan fingerprint density at radius 2 is 1.95 bits per heavy atom. The molecule has 0 bridgehead atoms. The van der Waals surface area contributed by atoms with Crippen LogP contribution in [0.3, 0.4) is 0 Å². The number of hydrogen-bond acceptors (Lipinski definition) is 5. The van der Waals surface area contributed by atoms with Crippen molar-refractivity contribution >= 4 is 57.2 Å². The molecule has 0 aliphatic heterocycles. The lowest BCUT2D eigenvalue weighted by atomic mass is 10.3. The number of aryl methyl sites for hydroxylation is 1. The van der Waals surface area contributed by atoms with Gasteiger partial charge >= 0.3 is 0 Å². The Morgan fingerprint density at radius 3 is 2.64 bits per heavy atom. The quantitative estimate of drug-likeness (QED) is 0.610. The van der Waals surface area contributed by atoms with Gasteiger partial charge in [-0.3, -0.25) is 10.1 Å². The molecule has 118 valence electrons. The lowest BCUT2D eigenvalue weighted by Gasteiger charge is -2.08. The zero-order chi connectivity index (χ0) is 16.0. The van der Waals surface area contributed by atoms with Gasteiger partial charge in [0.2, 0.25) is 5.13 Å². The molecule has 0 atom stereocenters. The number of alkyl halides is 3. The van der Waals surface area contributed by atoms with E-state index in [1.54, 1.807) is 0 Å². The summed E-state index contributed by atoms with van der Waals surface area (Å²) in [5.41, 5.74) is 0. The summed E-state index contributed by atoms with van der Waals surface area (Å²) in [4.78, 5) is 11.5. The van der Waals surface area contributed by atoms with E-state index in [9.17, 15) is 4.79 Å². The first-order chi connectivity index (χ1) is 10.4. The van der Waals surface area contributed by atoms with Crippen LogP contribution in [0.15, 0.2) is 30.3 Å². The number of carbonyl (C=O) groups excluding carboxylic acids is 1. The molecule has 2 rings (SSSR count). The van der Waals surface area contributed by atoms with Gasteiger partial charge in [-0.25, -0.2) is 0 Å². The number of halogens is 3. The van der Waals surface area contributed by atoms with Crippen LogP contribution in [0.25, 0.3) is 0 Å². The predicted molar refractivity (Wildman–Crippen MR) is 89.1 cm³/mol. The number of amides is 1. The fourth-order valence-corrected chi connectivity index (χ4v) is 2.42. The molecule has 1 amide bonds. The van der Waals surface area contributed by atoms with Gasteiger partial charge in [0.15, 0.2) is 0 Å². The highest BCUT2D eigenvalue weighted by Crippen LogP contribution is 2.28. The first-order valence-electron chi connectivity index (χ1n) is 6.33.